The molecule has 0 aromatic rings. The maximum Gasteiger partial charge on any atom is 0.0698 e. The van der Waals surface area contributed by atoms with Crippen molar-refractivity contribution < 1.29 is 5.11 Å². The van der Waals surface area contributed by atoms with E-state index >= 15 is 0 Å². The van der Waals surface area contributed by atoms with Crippen molar-refractivity contribution in [1.29, 1.82) is 0 Å². The highest BCUT2D eigenvalue weighted by Gasteiger charge is 2.53. The topological polar surface area (TPSA) is 20.2 Å². The highest BCUT2D eigenvalue weighted by Crippen LogP contribution is 2.63. The zero-order valence-electron chi connectivity index (χ0n) is 47.3. The van der Waals surface area contributed by atoms with Crippen LogP contribution in [-0.4, -0.2) is 10.7 Å². The molecule has 1 heteroatoms. The second-order valence-corrected chi connectivity index (χ2v) is 30.1. The fraction of sp³-hybridized carbons (Fsp3) is 1.00. The molecule has 1 nitrogen and oxygen atoms in total. The Labute approximate surface area is 367 Å². The van der Waals surface area contributed by atoms with Crippen LogP contribution in [0.25, 0.3) is 0 Å². The Kier molecular flexibility index (Phi) is 23.3. The van der Waals surface area contributed by atoms with Gasteiger partial charge in [-0.3, -0.25) is 0 Å². The molecule has 0 heterocycles. The van der Waals surface area contributed by atoms with Crippen LogP contribution in [-0.2, 0) is 0 Å². The van der Waals surface area contributed by atoms with Crippen LogP contribution in [0, 0.1) is 76.8 Å². The summed E-state index contributed by atoms with van der Waals surface area (Å²) in [5.74, 6) is 1.58. The molecule has 1 aliphatic rings. The first-order valence-corrected chi connectivity index (χ1v) is 23.8. The van der Waals surface area contributed by atoms with Crippen molar-refractivity contribution >= 4 is 0 Å². The maximum atomic E-state index is 10.5. The summed E-state index contributed by atoms with van der Waals surface area (Å²) in [5, 5.41) is 10.5. The van der Waals surface area contributed by atoms with E-state index in [1.807, 2.05) is 0 Å². The minimum Gasteiger partial charge on any atom is -0.389 e. The van der Waals surface area contributed by atoms with Gasteiger partial charge in [-0.05, 0) is 102 Å². The minimum atomic E-state index is -0.536. The summed E-state index contributed by atoms with van der Waals surface area (Å²) in [4.78, 5) is 0. The van der Waals surface area contributed by atoms with Crippen LogP contribution in [0.1, 0.15) is 281 Å². The van der Waals surface area contributed by atoms with Gasteiger partial charge in [0.2, 0.25) is 0 Å². The van der Waals surface area contributed by atoms with Crippen LogP contribution in [0.5, 0.6) is 0 Å². The molecule has 1 unspecified atom stereocenters. The predicted molar refractivity (Wildman–Crippen MR) is 267 cm³/mol. The number of hydrogen-bond donors (Lipinski definition) is 1. The fourth-order valence-electron chi connectivity index (χ4n) is 9.90. The predicted octanol–water partition coefficient (Wildman–Crippen LogP) is 19.8. The molecule has 1 N–H and O–H groups in total. The molecule has 0 saturated heterocycles. The molecule has 1 rings (SSSR count). The third-order valence-electron chi connectivity index (χ3n) is 15.7. The average molecular weight is 810 g/mol. The van der Waals surface area contributed by atoms with E-state index in [1.54, 1.807) is 0 Å². The summed E-state index contributed by atoms with van der Waals surface area (Å²) in [7, 11) is 0. The van der Waals surface area contributed by atoms with Gasteiger partial charge in [0.1, 0.15) is 0 Å². The molecule has 0 amide bonds. The van der Waals surface area contributed by atoms with Crippen molar-refractivity contribution in [2.24, 2.45) is 76.8 Å². The van der Waals surface area contributed by atoms with Crippen molar-refractivity contribution in [3.8, 4) is 0 Å². The summed E-state index contributed by atoms with van der Waals surface area (Å²) in [6.45, 7) is 80.5. The van der Waals surface area contributed by atoms with Crippen molar-refractivity contribution in [2.45, 2.75) is 286 Å². The second kappa shape index (κ2) is 20.9. The summed E-state index contributed by atoms with van der Waals surface area (Å²) >= 11 is 0. The van der Waals surface area contributed by atoms with Gasteiger partial charge < -0.3 is 5.11 Å². The fourth-order valence-corrected chi connectivity index (χ4v) is 9.90. The molecule has 1 aliphatic carbocycles. The molecule has 57 heavy (non-hydrogen) atoms. The van der Waals surface area contributed by atoms with Crippen LogP contribution in [0.2, 0.25) is 0 Å². The Morgan fingerprint density at radius 1 is 0.439 bits per heavy atom. The van der Waals surface area contributed by atoms with E-state index in [0.29, 0.717) is 54.1 Å². The molecule has 1 fully saturated rings. The van der Waals surface area contributed by atoms with E-state index in [2.05, 4.69) is 242 Å². The summed E-state index contributed by atoms with van der Waals surface area (Å²) < 4.78 is 0. The van der Waals surface area contributed by atoms with E-state index in [0.717, 1.165) is 24.7 Å². The van der Waals surface area contributed by atoms with E-state index < -0.39 is 5.60 Å². The molecule has 350 valence electrons. The van der Waals surface area contributed by atoms with Gasteiger partial charge in [0.05, 0.1) is 5.60 Å². The lowest BCUT2D eigenvalue weighted by Crippen LogP contribution is -2.51. The lowest BCUT2D eigenvalue weighted by Gasteiger charge is -2.60. The largest absolute Gasteiger partial charge is 0.389 e. The van der Waals surface area contributed by atoms with Gasteiger partial charge in [-0.25, -0.2) is 0 Å². The lowest BCUT2D eigenvalue weighted by atomic mass is 9.45. The third kappa shape index (κ3) is 21.1. The zero-order valence-corrected chi connectivity index (χ0v) is 47.3. The van der Waals surface area contributed by atoms with Crippen molar-refractivity contribution in [2.75, 3.05) is 0 Å². The Hall–Kier alpha value is -0.0400. The highest BCUT2D eigenvalue weighted by atomic mass is 16.3. The summed E-state index contributed by atoms with van der Waals surface area (Å²) in [6.07, 6.45) is 7.27. The van der Waals surface area contributed by atoms with Gasteiger partial charge in [0.25, 0.3) is 0 Å². The zero-order chi connectivity index (χ0) is 47.9. The molecule has 0 bridgehead atoms. The van der Waals surface area contributed by atoms with Crippen molar-refractivity contribution in [3.05, 3.63) is 0 Å². The van der Waals surface area contributed by atoms with Crippen LogP contribution >= 0.6 is 0 Å². The van der Waals surface area contributed by atoms with Crippen LogP contribution in [0.15, 0.2) is 0 Å². The highest BCUT2D eigenvalue weighted by molar-refractivity contribution is 5.03. The van der Waals surface area contributed by atoms with E-state index in [1.165, 1.54) is 25.7 Å². The average Bonchev–Trinajstić information content (AvgIpc) is 2.81. The standard InChI is InChI=1S/C12H26O.C12H24.2C11H24.C10H22/c1-8-12(13,11(5,6)7)9-10(2,3)4;1-10(2,3)12(8-7-9-12)11(4,5)6;1-9(2,3)11(7,8)10(4,5)6;1-8-9(10(2,3)4)11(5,6)7;1-8(9(2,3)4)10(5,6)7/h13H,8-9H2,1-7H3;7-9H2,1-6H3;1-8H3;9H,8H2,1-7H3;8H,1-7H3. The van der Waals surface area contributed by atoms with Gasteiger partial charge in [0.15, 0.2) is 0 Å². The summed E-state index contributed by atoms with van der Waals surface area (Å²) in [5.41, 5.74) is 4.10. The Bertz CT molecular complexity index is 1010. The quantitative estimate of drug-likeness (QED) is 0.301. The third-order valence-corrected chi connectivity index (χ3v) is 15.7. The van der Waals surface area contributed by atoms with Gasteiger partial charge >= 0.3 is 0 Å². The summed E-state index contributed by atoms with van der Waals surface area (Å²) in [6, 6.07) is 0. The number of aliphatic hydroxyl groups is 1. The monoisotopic (exact) mass is 809 g/mol. The van der Waals surface area contributed by atoms with Crippen molar-refractivity contribution in [1.82, 2.24) is 0 Å². The maximum absolute atomic E-state index is 10.5. The van der Waals surface area contributed by atoms with Crippen LogP contribution in [0.3, 0.4) is 0 Å². The van der Waals surface area contributed by atoms with E-state index in [-0.39, 0.29) is 10.8 Å². The van der Waals surface area contributed by atoms with Gasteiger partial charge in [-0.2, -0.15) is 0 Å². The minimum absolute atomic E-state index is 0.0327. The Balaban J connectivity index is -0.000000309. The first kappa shape index (κ1) is 63.6. The van der Waals surface area contributed by atoms with Crippen molar-refractivity contribution in [3.63, 3.8) is 0 Å². The normalized spacial score (nSPS) is 17.4. The SMILES string of the molecule is CC(C(C)(C)C)C(C)(C)C.CC(C)(C)C(C)(C)C(C)(C)C.CC(C)(C)C1(C(C)(C)C)CCC1.CCC(C(C)(C)C)C(C)(C)C.CCC(O)(CC(C)(C)C)C(C)(C)C. The number of rotatable bonds is 3. The van der Waals surface area contributed by atoms with Crippen LogP contribution < -0.4 is 0 Å². The van der Waals surface area contributed by atoms with Gasteiger partial charge in [0, 0.05) is 0 Å². The lowest BCUT2D eigenvalue weighted by molar-refractivity contribution is -0.100. The molecular formula is C56H120O. The second-order valence-electron chi connectivity index (χ2n) is 30.1. The van der Waals surface area contributed by atoms with E-state index in [9.17, 15) is 5.11 Å². The first-order chi connectivity index (χ1) is 24.1. The molecule has 0 aromatic carbocycles. The molecule has 0 spiro atoms. The Morgan fingerprint density at radius 3 is 0.737 bits per heavy atom. The smallest absolute Gasteiger partial charge is 0.0698 e. The Morgan fingerprint density at radius 2 is 0.719 bits per heavy atom. The molecule has 0 aliphatic heterocycles. The van der Waals surface area contributed by atoms with Crippen LogP contribution in [0.4, 0.5) is 0 Å². The van der Waals surface area contributed by atoms with Gasteiger partial charge in [-0.15, -0.1) is 0 Å². The molecular weight excluding hydrogens is 689 g/mol. The molecule has 0 radical (unpaired) electrons. The number of hydrogen-bond acceptors (Lipinski definition) is 1. The molecule has 1 atom stereocenters. The first-order valence-electron chi connectivity index (χ1n) is 23.8. The van der Waals surface area contributed by atoms with E-state index in [4.69, 9.17) is 0 Å². The molecule has 1 saturated carbocycles. The van der Waals surface area contributed by atoms with Gasteiger partial charge in [-0.1, -0.05) is 255 Å². The molecule has 0 aromatic heterocycles.